The number of halogens is 4. The van der Waals surface area contributed by atoms with Crippen LogP contribution in [0.5, 0.6) is 5.75 Å². The third-order valence-corrected chi connectivity index (χ3v) is 5.72. The minimum atomic E-state index is -4.58. The molecule has 7 nitrogen and oxygen atoms in total. The van der Waals surface area contributed by atoms with Gasteiger partial charge < -0.3 is 15.4 Å². The molecule has 0 radical (unpaired) electrons. The van der Waals surface area contributed by atoms with E-state index in [4.69, 9.17) is 16.3 Å². The molecule has 38 heavy (non-hydrogen) atoms. The second-order valence-corrected chi connectivity index (χ2v) is 8.50. The van der Waals surface area contributed by atoms with Crippen molar-refractivity contribution in [1.82, 2.24) is 9.97 Å². The number of carbonyl (C=O) groups excluding carboxylic acids is 2. The Morgan fingerprint density at radius 2 is 1.63 bits per heavy atom. The van der Waals surface area contributed by atoms with Crippen molar-refractivity contribution in [3.05, 3.63) is 106 Å². The maximum Gasteiger partial charge on any atom is 0.416 e. The van der Waals surface area contributed by atoms with Crippen LogP contribution in [0.2, 0.25) is 5.02 Å². The van der Waals surface area contributed by atoms with Crippen LogP contribution >= 0.6 is 11.6 Å². The first-order valence-electron chi connectivity index (χ1n) is 11.2. The Morgan fingerprint density at radius 1 is 0.947 bits per heavy atom. The molecule has 2 N–H and O–H groups in total. The van der Waals surface area contributed by atoms with E-state index >= 15 is 0 Å². The number of anilines is 3. The molecule has 11 heteroatoms. The summed E-state index contributed by atoms with van der Waals surface area (Å²) in [5.41, 5.74) is 0.507. The summed E-state index contributed by atoms with van der Waals surface area (Å²) >= 11 is 6.21. The summed E-state index contributed by atoms with van der Waals surface area (Å²) in [6, 6.07) is 15.5. The van der Waals surface area contributed by atoms with E-state index in [-0.39, 0.29) is 34.0 Å². The van der Waals surface area contributed by atoms with Crippen LogP contribution in [0.3, 0.4) is 0 Å². The van der Waals surface area contributed by atoms with Gasteiger partial charge in [0.15, 0.2) is 5.78 Å². The maximum atomic E-state index is 13.0. The number of ketones is 1. The molecule has 0 aliphatic heterocycles. The Labute approximate surface area is 220 Å². The Bertz CT molecular complexity index is 1460. The zero-order valence-electron chi connectivity index (χ0n) is 19.8. The van der Waals surface area contributed by atoms with Gasteiger partial charge in [-0.15, -0.1) is 0 Å². The number of Topliss-reactive ketones (excluding diaryl/α,β-unsaturated/α-hetero) is 1. The van der Waals surface area contributed by atoms with Crippen LogP contribution in [-0.2, 0) is 12.6 Å². The minimum Gasteiger partial charge on any atom is -0.497 e. The minimum absolute atomic E-state index is 0.0619. The molecule has 1 heterocycles. The highest BCUT2D eigenvalue weighted by molar-refractivity contribution is 6.34. The van der Waals surface area contributed by atoms with Crippen LogP contribution in [-0.4, -0.2) is 28.8 Å². The summed E-state index contributed by atoms with van der Waals surface area (Å²) in [6.45, 7) is 0. The summed E-state index contributed by atoms with van der Waals surface area (Å²) in [7, 11) is 1.58. The van der Waals surface area contributed by atoms with Gasteiger partial charge in [-0.2, -0.15) is 13.2 Å². The summed E-state index contributed by atoms with van der Waals surface area (Å²) in [6.07, 6.45) is -1.63. The van der Waals surface area contributed by atoms with Crippen molar-refractivity contribution in [2.24, 2.45) is 0 Å². The smallest absolute Gasteiger partial charge is 0.416 e. The number of carbonyl (C=O) groups is 2. The first-order valence-corrected chi connectivity index (χ1v) is 11.5. The molecule has 0 unspecified atom stereocenters. The van der Waals surface area contributed by atoms with Gasteiger partial charge in [-0.05, 0) is 66.2 Å². The van der Waals surface area contributed by atoms with Crippen LogP contribution in [0.15, 0.2) is 79.1 Å². The Hall–Kier alpha value is -4.44. The molecule has 194 valence electrons. The molecule has 0 bridgehead atoms. The number of methoxy groups -OCH3 is 1. The number of rotatable bonds is 8. The number of benzene rings is 3. The highest BCUT2D eigenvalue weighted by Crippen LogP contribution is 2.30. The molecular formula is C27H20ClF3N4O3. The van der Waals surface area contributed by atoms with E-state index in [0.717, 1.165) is 23.9 Å². The quantitative estimate of drug-likeness (QED) is 0.245. The van der Waals surface area contributed by atoms with E-state index in [1.807, 2.05) is 0 Å². The molecule has 0 fully saturated rings. The Kier molecular flexibility index (Phi) is 7.92. The van der Waals surface area contributed by atoms with E-state index < -0.39 is 17.6 Å². The fraction of sp³-hybridized carbons (Fsp3) is 0.111. The lowest BCUT2D eigenvalue weighted by Crippen LogP contribution is -2.14. The SMILES string of the molecule is COc1ccc(Nc2ncc(CC(=O)c3cc(NC(=O)c4cccc(C(F)(F)F)c4)ccc3Cl)cn2)cc1. The van der Waals surface area contributed by atoms with Gasteiger partial charge >= 0.3 is 6.18 Å². The first-order chi connectivity index (χ1) is 18.1. The van der Waals surface area contributed by atoms with Crippen molar-refractivity contribution >= 4 is 40.6 Å². The van der Waals surface area contributed by atoms with Crippen LogP contribution in [0.4, 0.5) is 30.5 Å². The fourth-order valence-corrected chi connectivity index (χ4v) is 3.67. The molecule has 0 aliphatic carbocycles. The van der Waals surface area contributed by atoms with Gasteiger partial charge in [-0.3, -0.25) is 9.59 Å². The van der Waals surface area contributed by atoms with Crippen molar-refractivity contribution in [1.29, 1.82) is 0 Å². The molecular weight excluding hydrogens is 521 g/mol. The van der Waals surface area contributed by atoms with Crippen LogP contribution in [0.25, 0.3) is 0 Å². The normalized spacial score (nSPS) is 11.1. The number of nitrogens with one attached hydrogen (secondary N) is 2. The summed E-state index contributed by atoms with van der Waals surface area (Å²) in [4.78, 5) is 33.9. The molecule has 4 aromatic rings. The van der Waals surface area contributed by atoms with E-state index in [1.54, 1.807) is 31.4 Å². The van der Waals surface area contributed by atoms with Gasteiger partial charge in [0.25, 0.3) is 5.91 Å². The molecule has 0 aliphatic rings. The van der Waals surface area contributed by atoms with E-state index in [2.05, 4.69) is 20.6 Å². The van der Waals surface area contributed by atoms with Crippen LogP contribution in [0, 0.1) is 0 Å². The van der Waals surface area contributed by atoms with Crippen molar-refractivity contribution in [2.75, 3.05) is 17.7 Å². The lowest BCUT2D eigenvalue weighted by molar-refractivity contribution is -0.137. The fourth-order valence-electron chi connectivity index (χ4n) is 3.45. The van der Waals surface area contributed by atoms with Gasteiger partial charge in [0, 0.05) is 41.3 Å². The zero-order valence-corrected chi connectivity index (χ0v) is 20.6. The van der Waals surface area contributed by atoms with Gasteiger partial charge in [-0.25, -0.2) is 9.97 Å². The standard InChI is InChI=1S/C27H20ClF3N4O3/c1-38-21-8-5-19(6-9-21)35-26-32-14-16(15-33-26)11-24(36)22-13-20(7-10-23(22)28)34-25(37)17-3-2-4-18(12-17)27(29,30)31/h2-10,12-15H,11H2,1H3,(H,34,37)(H,32,33,35). The van der Waals surface area contributed by atoms with Crippen molar-refractivity contribution < 1.29 is 27.5 Å². The highest BCUT2D eigenvalue weighted by atomic mass is 35.5. The molecule has 4 rings (SSSR count). The number of aromatic nitrogens is 2. The Balaban J connectivity index is 1.42. The number of nitrogens with zero attached hydrogens (tertiary/aromatic N) is 2. The number of hydrogen-bond donors (Lipinski definition) is 2. The third-order valence-electron chi connectivity index (χ3n) is 5.39. The first kappa shape index (κ1) is 26.6. The molecule has 0 atom stereocenters. The van der Waals surface area contributed by atoms with Crippen LogP contribution in [0.1, 0.15) is 31.8 Å². The summed E-state index contributed by atoms with van der Waals surface area (Å²) in [5.74, 6) is -0.0678. The predicted molar refractivity (Wildman–Crippen MR) is 137 cm³/mol. The lowest BCUT2D eigenvalue weighted by atomic mass is 10.0. The van der Waals surface area contributed by atoms with E-state index in [0.29, 0.717) is 17.3 Å². The molecule has 0 saturated heterocycles. The van der Waals surface area contributed by atoms with Crippen molar-refractivity contribution in [3.8, 4) is 5.75 Å². The Morgan fingerprint density at radius 3 is 2.29 bits per heavy atom. The third kappa shape index (κ3) is 6.65. The maximum absolute atomic E-state index is 13.0. The number of alkyl halides is 3. The van der Waals surface area contributed by atoms with Gasteiger partial charge in [-0.1, -0.05) is 17.7 Å². The summed E-state index contributed by atoms with van der Waals surface area (Å²) < 4.78 is 44.0. The second kappa shape index (κ2) is 11.3. The largest absolute Gasteiger partial charge is 0.497 e. The lowest BCUT2D eigenvalue weighted by Gasteiger charge is -2.11. The van der Waals surface area contributed by atoms with Gasteiger partial charge in [0.2, 0.25) is 5.95 Å². The molecule has 3 aromatic carbocycles. The number of hydrogen-bond acceptors (Lipinski definition) is 6. The van der Waals surface area contributed by atoms with E-state index in [9.17, 15) is 22.8 Å². The van der Waals surface area contributed by atoms with Crippen molar-refractivity contribution in [2.45, 2.75) is 12.6 Å². The average molecular weight is 541 g/mol. The van der Waals surface area contributed by atoms with E-state index in [1.165, 1.54) is 36.7 Å². The number of amides is 1. The molecule has 0 saturated carbocycles. The number of ether oxygens (including phenoxy) is 1. The van der Waals surface area contributed by atoms with Crippen LogP contribution < -0.4 is 15.4 Å². The average Bonchev–Trinajstić information content (AvgIpc) is 2.91. The van der Waals surface area contributed by atoms with Gasteiger partial charge in [0.1, 0.15) is 5.75 Å². The molecule has 1 aromatic heterocycles. The predicted octanol–water partition coefficient (Wildman–Crippen LogP) is 6.58. The molecule has 1 amide bonds. The summed E-state index contributed by atoms with van der Waals surface area (Å²) in [5, 5.41) is 5.70. The zero-order chi connectivity index (χ0) is 27.3. The topological polar surface area (TPSA) is 93.2 Å². The second-order valence-electron chi connectivity index (χ2n) is 8.10. The van der Waals surface area contributed by atoms with Gasteiger partial charge in [0.05, 0.1) is 17.7 Å². The van der Waals surface area contributed by atoms with Crippen molar-refractivity contribution in [3.63, 3.8) is 0 Å². The molecule has 0 spiro atoms. The monoisotopic (exact) mass is 540 g/mol. The highest BCUT2D eigenvalue weighted by Gasteiger charge is 2.31.